The molecule has 1 atom stereocenters. The van der Waals surface area contributed by atoms with E-state index < -0.39 is 0 Å². The molecule has 1 aromatic rings. The normalized spacial score (nSPS) is 16.6. The molecule has 1 amide bonds. The first-order valence-electron chi connectivity index (χ1n) is 9.08. The van der Waals surface area contributed by atoms with Gasteiger partial charge in [-0.3, -0.25) is 20.2 Å². The lowest BCUT2D eigenvalue weighted by Crippen LogP contribution is -2.27. The molecule has 1 aliphatic heterocycles. The average molecular weight is 365 g/mol. The van der Waals surface area contributed by atoms with Gasteiger partial charge in [-0.25, -0.2) is 0 Å². The molecule has 0 aromatic carbocycles. The minimum atomic E-state index is -0.0984. The van der Waals surface area contributed by atoms with Gasteiger partial charge in [-0.2, -0.15) is 5.10 Å². The molecular formula is C19H32N4OS. The van der Waals surface area contributed by atoms with Crippen molar-refractivity contribution in [1.82, 2.24) is 15.1 Å². The fourth-order valence-corrected chi connectivity index (χ4v) is 3.25. The van der Waals surface area contributed by atoms with Crippen LogP contribution in [0, 0.1) is 5.41 Å². The van der Waals surface area contributed by atoms with Gasteiger partial charge in [0.15, 0.2) is 5.17 Å². The van der Waals surface area contributed by atoms with Crippen molar-refractivity contribution in [2.45, 2.75) is 60.8 Å². The maximum atomic E-state index is 12.2. The number of aromatic nitrogens is 2. The van der Waals surface area contributed by atoms with Crippen LogP contribution >= 0.6 is 11.8 Å². The summed E-state index contributed by atoms with van der Waals surface area (Å²) in [5.41, 5.74) is 1.93. The molecule has 25 heavy (non-hydrogen) atoms. The standard InChI is InChI=1S/C15H20N4OS.2C2H6/c1-4-7-10(5-2)13-11(9-17-18-13)8-12-14(20)19(6-3)15(16)21-12;2*1-2/h4,7-10,16H,5-6H2,1-3H3,(H,17,18);2*1-2H3/b7-4-,12-8-,16-15?;;. The molecular weight excluding hydrogens is 332 g/mol. The zero-order chi connectivity index (χ0) is 19.4. The third-order valence-electron chi connectivity index (χ3n) is 3.45. The van der Waals surface area contributed by atoms with Crippen LogP contribution in [0.1, 0.15) is 72.1 Å². The Morgan fingerprint density at radius 1 is 1.32 bits per heavy atom. The second kappa shape index (κ2) is 12.5. The van der Waals surface area contributed by atoms with E-state index in [9.17, 15) is 4.79 Å². The number of nitrogens with one attached hydrogen (secondary N) is 2. The van der Waals surface area contributed by atoms with Crippen LogP contribution in [0.25, 0.3) is 6.08 Å². The summed E-state index contributed by atoms with van der Waals surface area (Å²) < 4.78 is 0. The van der Waals surface area contributed by atoms with Gasteiger partial charge >= 0.3 is 0 Å². The number of thioether (sulfide) groups is 1. The number of allylic oxidation sites excluding steroid dienone is 2. The fraction of sp³-hybridized carbons (Fsp3) is 0.526. The third kappa shape index (κ3) is 5.88. The number of carbonyl (C=O) groups excluding carboxylic acids is 1. The van der Waals surface area contributed by atoms with Gasteiger partial charge in [-0.1, -0.05) is 46.8 Å². The van der Waals surface area contributed by atoms with Crippen molar-refractivity contribution in [2.24, 2.45) is 0 Å². The number of amides is 1. The first-order chi connectivity index (χ1) is 12.1. The molecule has 6 heteroatoms. The number of likely N-dealkylation sites (N-methyl/N-ethyl adjacent to an activating group) is 1. The maximum absolute atomic E-state index is 12.2. The summed E-state index contributed by atoms with van der Waals surface area (Å²) >= 11 is 1.21. The van der Waals surface area contributed by atoms with Crippen molar-refractivity contribution in [3.05, 3.63) is 34.5 Å². The molecule has 0 aliphatic carbocycles. The van der Waals surface area contributed by atoms with Crippen LogP contribution in [0.3, 0.4) is 0 Å². The lowest BCUT2D eigenvalue weighted by Gasteiger charge is -2.10. The second-order valence-corrected chi connectivity index (χ2v) is 5.78. The van der Waals surface area contributed by atoms with Crippen LogP contribution in [0.4, 0.5) is 0 Å². The van der Waals surface area contributed by atoms with E-state index >= 15 is 0 Å². The fourth-order valence-electron chi connectivity index (χ4n) is 2.33. The molecule has 0 radical (unpaired) electrons. The van der Waals surface area contributed by atoms with Gasteiger partial charge in [0.25, 0.3) is 5.91 Å². The molecule has 1 unspecified atom stereocenters. The number of rotatable bonds is 5. The summed E-state index contributed by atoms with van der Waals surface area (Å²) in [5, 5.41) is 15.3. The van der Waals surface area contributed by atoms with E-state index in [2.05, 4.69) is 23.2 Å². The Labute approximate surface area is 156 Å². The summed E-state index contributed by atoms with van der Waals surface area (Å²) in [6, 6.07) is 0. The number of aromatic amines is 1. The lowest BCUT2D eigenvalue weighted by atomic mass is 9.98. The van der Waals surface area contributed by atoms with Gasteiger partial charge in [-0.15, -0.1) is 0 Å². The topological polar surface area (TPSA) is 72.8 Å². The molecule has 1 saturated heterocycles. The Hall–Kier alpha value is -1.82. The Bertz CT molecular complexity index is 604. The van der Waals surface area contributed by atoms with Gasteiger partial charge in [-0.05, 0) is 38.1 Å². The summed E-state index contributed by atoms with van der Waals surface area (Å²) in [6.45, 7) is 14.5. The van der Waals surface area contributed by atoms with E-state index in [4.69, 9.17) is 5.41 Å². The number of H-pyrrole nitrogens is 1. The van der Waals surface area contributed by atoms with E-state index in [0.717, 1.165) is 17.7 Å². The Balaban J connectivity index is 0.00000134. The van der Waals surface area contributed by atoms with E-state index in [1.165, 1.54) is 16.7 Å². The molecule has 2 heterocycles. The van der Waals surface area contributed by atoms with E-state index in [-0.39, 0.29) is 11.8 Å². The summed E-state index contributed by atoms with van der Waals surface area (Å²) in [7, 11) is 0. The second-order valence-electron chi connectivity index (χ2n) is 4.74. The van der Waals surface area contributed by atoms with Gasteiger partial charge in [0, 0.05) is 23.7 Å². The number of amidine groups is 1. The lowest BCUT2D eigenvalue weighted by molar-refractivity contribution is -0.122. The molecule has 140 valence electrons. The number of carbonyl (C=O) groups is 1. The van der Waals surface area contributed by atoms with Gasteiger partial charge in [0.05, 0.1) is 11.1 Å². The highest BCUT2D eigenvalue weighted by molar-refractivity contribution is 8.18. The predicted molar refractivity (Wildman–Crippen MR) is 110 cm³/mol. The molecule has 2 N–H and O–H groups in total. The number of hydrogen-bond acceptors (Lipinski definition) is 4. The zero-order valence-electron chi connectivity index (χ0n) is 16.5. The monoisotopic (exact) mass is 364 g/mol. The summed E-state index contributed by atoms with van der Waals surface area (Å²) in [6.07, 6.45) is 8.68. The molecule has 0 saturated carbocycles. The van der Waals surface area contributed by atoms with Crippen LogP contribution in [-0.2, 0) is 4.79 Å². The summed E-state index contributed by atoms with van der Waals surface area (Å²) in [5.74, 6) is 0.159. The molecule has 1 aliphatic rings. The number of hydrogen-bond donors (Lipinski definition) is 2. The van der Waals surface area contributed by atoms with Crippen molar-refractivity contribution < 1.29 is 4.79 Å². The van der Waals surface area contributed by atoms with Crippen molar-refractivity contribution in [1.29, 1.82) is 5.41 Å². The molecule has 0 spiro atoms. The smallest absolute Gasteiger partial charge is 0.266 e. The van der Waals surface area contributed by atoms with E-state index in [1.54, 1.807) is 6.20 Å². The number of nitrogens with zero attached hydrogens (tertiary/aromatic N) is 2. The maximum Gasteiger partial charge on any atom is 0.266 e. The first kappa shape index (κ1) is 23.2. The van der Waals surface area contributed by atoms with Gasteiger partial charge < -0.3 is 0 Å². The van der Waals surface area contributed by atoms with Crippen LogP contribution in [0.15, 0.2) is 23.3 Å². The average Bonchev–Trinajstić information content (AvgIpc) is 3.21. The van der Waals surface area contributed by atoms with Crippen LogP contribution < -0.4 is 0 Å². The molecule has 1 fully saturated rings. The first-order valence-corrected chi connectivity index (χ1v) is 9.90. The van der Waals surface area contributed by atoms with E-state index in [0.29, 0.717) is 16.6 Å². The highest BCUT2D eigenvalue weighted by Gasteiger charge is 2.31. The SMILES string of the molecule is C/C=C\C(CC)c1[nH]ncc1/C=C1\SC(=N)N(CC)C1=O.CC.CC. The Kier molecular flexibility index (Phi) is 11.6. The van der Waals surface area contributed by atoms with E-state index in [1.807, 2.05) is 53.7 Å². The molecule has 5 nitrogen and oxygen atoms in total. The van der Waals surface area contributed by atoms with Gasteiger partial charge in [0.2, 0.25) is 0 Å². The van der Waals surface area contributed by atoms with Gasteiger partial charge in [0.1, 0.15) is 0 Å². The Morgan fingerprint density at radius 2 is 1.96 bits per heavy atom. The van der Waals surface area contributed by atoms with Crippen LogP contribution in [-0.4, -0.2) is 32.7 Å². The van der Waals surface area contributed by atoms with Crippen LogP contribution in [0.2, 0.25) is 0 Å². The molecule has 0 bridgehead atoms. The van der Waals surface area contributed by atoms with Crippen molar-refractivity contribution in [2.75, 3.05) is 6.54 Å². The molecule has 1 aromatic heterocycles. The van der Waals surface area contributed by atoms with Crippen LogP contribution in [0.5, 0.6) is 0 Å². The van der Waals surface area contributed by atoms with Crippen molar-refractivity contribution in [3.63, 3.8) is 0 Å². The minimum Gasteiger partial charge on any atom is -0.287 e. The quantitative estimate of drug-likeness (QED) is 0.542. The highest BCUT2D eigenvalue weighted by atomic mass is 32.2. The Morgan fingerprint density at radius 3 is 2.44 bits per heavy atom. The minimum absolute atomic E-state index is 0.0984. The summed E-state index contributed by atoms with van der Waals surface area (Å²) in [4.78, 5) is 14.3. The highest BCUT2D eigenvalue weighted by Crippen LogP contribution is 2.33. The largest absolute Gasteiger partial charge is 0.287 e. The molecule has 2 rings (SSSR count). The van der Waals surface area contributed by atoms with Crippen molar-refractivity contribution in [3.8, 4) is 0 Å². The third-order valence-corrected chi connectivity index (χ3v) is 4.37. The zero-order valence-corrected chi connectivity index (χ0v) is 17.3. The van der Waals surface area contributed by atoms with Crippen molar-refractivity contribution >= 4 is 28.9 Å². The predicted octanol–water partition coefficient (Wildman–Crippen LogP) is 5.40.